The quantitative estimate of drug-likeness (QED) is 0.702. The molecule has 8 heteroatoms. The number of fused-ring (bicyclic) bond motifs is 1. The molecule has 0 bridgehead atoms. The predicted molar refractivity (Wildman–Crippen MR) is 103 cm³/mol. The summed E-state index contributed by atoms with van der Waals surface area (Å²) < 4.78 is 20.5. The second-order valence-corrected chi connectivity index (χ2v) is 7.21. The first kappa shape index (κ1) is 18.9. The van der Waals surface area contributed by atoms with E-state index in [1.807, 2.05) is 0 Å². The monoisotopic (exact) mass is 403 g/mol. The van der Waals surface area contributed by atoms with Gasteiger partial charge in [-0.25, -0.2) is 4.39 Å². The first-order valence-corrected chi connectivity index (χ1v) is 9.35. The molecule has 4 rings (SSSR count). The third-order valence-electron chi connectivity index (χ3n) is 4.83. The highest BCUT2D eigenvalue weighted by Crippen LogP contribution is 2.27. The first-order chi connectivity index (χ1) is 13.5. The van der Waals surface area contributed by atoms with Crippen LogP contribution >= 0.6 is 11.6 Å². The van der Waals surface area contributed by atoms with E-state index < -0.39 is 6.10 Å². The summed E-state index contributed by atoms with van der Waals surface area (Å²) >= 11 is 6.37. The van der Waals surface area contributed by atoms with E-state index in [9.17, 15) is 14.3 Å². The summed E-state index contributed by atoms with van der Waals surface area (Å²) in [6.45, 7) is 1.01. The Morgan fingerprint density at radius 3 is 3.07 bits per heavy atom. The van der Waals surface area contributed by atoms with Crippen LogP contribution in [0, 0.1) is 5.82 Å². The molecular weight excluding hydrogens is 385 g/mol. The second kappa shape index (κ2) is 7.87. The Morgan fingerprint density at radius 1 is 1.43 bits per heavy atom. The topological polar surface area (TPSA) is 76.4 Å². The largest absolute Gasteiger partial charge is 0.389 e. The Hall–Kier alpha value is -2.48. The molecule has 2 unspecified atom stereocenters. The summed E-state index contributed by atoms with van der Waals surface area (Å²) in [5, 5.41) is 13.3. The number of halogens is 2. The number of carbonyl (C=O) groups excluding carboxylic acids is 1. The van der Waals surface area contributed by atoms with Gasteiger partial charge in [-0.15, -0.1) is 0 Å². The lowest BCUT2D eigenvalue weighted by molar-refractivity contribution is -0.0260. The fraction of sp³-hybridized carbons (Fsp3) is 0.300. The number of pyridine rings is 1. The maximum absolute atomic E-state index is 13.5. The molecular formula is C20H19ClFN3O3. The fourth-order valence-electron chi connectivity index (χ4n) is 3.44. The number of carbonyl (C=O) groups is 1. The van der Waals surface area contributed by atoms with Crippen molar-refractivity contribution in [2.45, 2.75) is 25.1 Å². The number of amides is 1. The van der Waals surface area contributed by atoms with Gasteiger partial charge < -0.3 is 19.7 Å². The number of aromatic nitrogens is 2. The van der Waals surface area contributed by atoms with Crippen molar-refractivity contribution in [3.8, 4) is 0 Å². The van der Waals surface area contributed by atoms with E-state index in [0.717, 1.165) is 5.56 Å². The third kappa shape index (κ3) is 3.73. The minimum absolute atomic E-state index is 0.191. The highest BCUT2D eigenvalue weighted by atomic mass is 35.5. The molecule has 0 radical (unpaired) electrons. The van der Waals surface area contributed by atoms with Crippen LogP contribution < -0.4 is 5.32 Å². The second-order valence-electron chi connectivity index (χ2n) is 6.80. The number of hydrogen-bond acceptors (Lipinski definition) is 4. The van der Waals surface area contributed by atoms with Crippen molar-refractivity contribution in [2.75, 3.05) is 13.2 Å². The smallest absolute Gasteiger partial charge is 0.255 e. The molecule has 2 N–H and O–H groups in total. The average molecular weight is 404 g/mol. The van der Waals surface area contributed by atoms with Gasteiger partial charge in [0.05, 0.1) is 34.9 Å². The van der Waals surface area contributed by atoms with E-state index in [0.29, 0.717) is 41.2 Å². The molecule has 3 heterocycles. The van der Waals surface area contributed by atoms with Gasteiger partial charge in [0.1, 0.15) is 11.3 Å². The van der Waals surface area contributed by atoms with Gasteiger partial charge in [-0.3, -0.25) is 9.78 Å². The number of hydrogen-bond donors (Lipinski definition) is 2. The molecule has 1 amide bonds. The van der Waals surface area contributed by atoms with Crippen LogP contribution in [0.1, 0.15) is 22.3 Å². The Morgan fingerprint density at radius 2 is 2.29 bits per heavy atom. The van der Waals surface area contributed by atoms with E-state index in [1.165, 1.54) is 18.3 Å². The molecule has 0 spiro atoms. The van der Waals surface area contributed by atoms with Crippen molar-refractivity contribution < 1.29 is 19.0 Å². The van der Waals surface area contributed by atoms with Gasteiger partial charge in [-0.2, -0.15) is 0 Å². The lowest BCUT2D eigenvalue weighted by Crippen LogP contribution is -2.48. The van der Waals surface area contributed by atoms with E-state index in [2.05, 4.69) is 10.3 Å². The Balaban J connectivity index is 1.69. The molecule has 2 aromatic heterocycles. The van der Waals surface area contributed by atoms with Crippen molar-refractivity contribution in [3.05, 3.63) is 64.7 Å². The molecule has 3 aromatic rings. The maximum Gasteiger partial charge on any atom is 0.255 e. The summed E-state index contributed by atoms with van der Waals surface area (Å²) in [4.78, 5) is 17.2. The molecule has 0 saturated carbocycles. The van der Waals surface area contributed by atoms with Gasteiger partial charge in [0.2, 0.25) is 0 Å². The van der Waals surface area contributed by atoms with Gasteiger partial charge in [0, 0.05) is 25.5 Å². The van der Waals surface area contributed by atoms with Gasteiger partial charge in [-0.1, -0.05) is 23.7 Å². The summed E-state index contributed by atoms with van der Waals surface area (Å²) in [7, 11) is 0. The van der Waals surface area contributed by atoms with Crippen molar-refractivity contribution in [1.29, 1.82) is 0 Å². The van der Waals surface area contributed by atoms with Crippen LogP contribution in [-0.4, -0.2) is 45.9 Å². The number of aliphatic hydroxyl groups is 1. The molecule has 1 saturated heterocycles. The van der Waals surface area contributed by atoms with Gasteiger partial charge in [0.25, 0.3) is 5.91 Å². The highest BCUT2D eigenvalue weighted by Gasteiger charge is 2.27. The van der Waals surface area contributed by atoms with Crippen molar-refractivity contribution >= 4 is 28.5 Å². The van der Waals surface area contributed by atoms with Crippen LogP contribution in [0.4, 0.5) is 4.39 Å². The molecule has 1 aliphatic heterocycles. The summed E-state index contributed by atoms with van der Waals surface area (Å²) in [5.74, 6) is -0.673. The predicted octanol–water partition coefficient (Wildman–Crippen LogP) is 2.76. The Bertz CT molecular complexity index is 1020. The maximum atomic E-state index is 13.5. The van der Waals surface area contributed by atoms with Crippen LogP contribution in [0.2, 0.25) is 5.02 Å². The first-order valence-electron chi connectivity index (χ1n) is 8.97. The minimum atomic E-state index is -0.755. The molecule has 146 valence electrons. The lowest BCUT2D eigenvalue weighted by atomic mass is 10.1. The Labute approximate surface area is 165 Å². The van der Waals surface area contributed by atoms with Crippen molar-refractivity contribution in [1.82, 2.24) is 14.9 Å². The van der Waals surface area contributed by atoms with Crippen molar-refractivity contribution in [2.24, 2.45) is 0 Å². The number of benzene rings is 1. The number of nitrogens with one attached hydrogen (secondary N) is 1. The fourth-order valence-corrected chi connectivity index (χ4v) is 3.70. The van der Waals surface area contributed by atoms with Crippen LogP contribution in [0.15, 0.2) is 42.7 Å². The van der Waals surface area contributed by atoms with E-state index >= 15 is 0 Å². The third-order valence-corrected chi connectivity index (χ3v) is 5.14. The molecule has 1 aliphatic rings. The van der Waals surface area contributed by atoms with Crippen LogP contribution in [0.3, 0.4) is 0 Å². The number of nitrogens with zero attached hydrogens (tertiary/aromatic N) is 2. The van der Waals surface area contributed by atoms with Gasteiger partial charge >= 0.3 is 0 Å². The van der Waals surface area contributed by atoms with Crippen molar-refractivity contribution in [3.63, 3.8) is 0 Å². The standard InChI is InChI=1S/C20H19ClFN3O3/c21-15-4-6-23-18-14(20(27)24-16-5-7-28-11-17(16)26)10-25(19(15)18)9-12-2-1-3-13(22)8-12/h1-4,6,8,10,16-17,26H,5,7,9,11H2,(H,24,27). The normalized spacial score (nSPS) is 19.7. The molecule has 1 aromatic carbocycles. The number of rotatable bonds is 4. The zero-order valence-electron chi connectivity index (χ0n) is 14.9. The number of ether oxygens (including phenoxy) is 1. The summed E-state index contributed by atoms with van der Waals surface area (Å²) in [5.41, 5.74) is 2.16. The zero-order chi connectivity index (χ0) is 19.7. The average Bonchev–Trinajstić information content (AvgIpc) is 3.03. The highest BCUT2D eigenvalue weighted by molar-refractivity contribution is 6.35. The van der Waals surface area contributed by atoms with Gasteiger partial charge in [0.15, 0.2) is 0 Å². The van der Waals surface area contributed by atoms with Crippen LogP contribution in [-0.2, 0) is 11.3 Å². The van der Waals surface area contributed by atoms with Crippen LogP contribution in [0.25, 0.3) is 11.0 Å². The summed E-state index contributed by atoms with van der Waals surface area (Å²) in [6, 6.07) is 7.52. The number of aliphatic hydroxyl groups excluding tert-OH is 1. The Kier molecular flexibility index (Phi) is 5.30. The SMILES string of the molecule is O=C(NC1CCOCC1O)c1cn(Cc2cccc(F)c2)c2c(Cl)ccnc12. The molecule has 2 atom stereocenters. The molecule has 28 heavy (non-hydrogen) atoms. The zero-order valence-corrected chi connectivity index (χ0v) is 15.7. The van der Waals surface area contributed by atoms with E-state index in [1.54, 1.807) is 29.0 Å². The minimum Gasteiger partial charge on any atom is -0.389 e. The molecule has 6 nitrogen and oxygen atoms in total. The van der Waals surface area contributed by atoms with Gasteiger partial charge in [-0.05, 0) is 30.2 Å². The van der Waals surface area contributed by atoms with E-state index in [-0.39, 0.29) is 24.4 Å². The lowest BCUT2D eigenvalue weighted by Gasteiger charge is -2.28. The molecule has 0 aliphatic carbocycles. The molecule has 1 fully saturated rings. The van der Waals surface area contributed by atoms with Crippen LogP contribution in [0.5, 0.6) is 0 Å². The van der Waals surface area contributed by atoms with E-state index in [4.69, 9.17) is 16.3 Å². The summed E-state index contributed by atoms with van der Waals surface area (Å²) in [6.07, 6.45) is 2.98.